The van der Waals surface area contributed by atoms with Crippen molar-refractivity contribution in [2.24, 2.45) is 5.92 Å². The van der Waals surface area contributed by atoms with Crippen LogP contribution in [0.15, 0.2) is 28.8 Å². The smallest absolute Gasteiger partial charge is 0.248 e. The van der Waals surface area contributed by atoms with Gasteiger partial charge in [0.25, 0.3) is 0 Å². The average Bonchev–Trinajstić information content (AvgIpc) is 3.12. The Morgan fingerprint density at radius 3 is 2.92 bits per heavy atom. The second-order valence-corrected chi connectivity index (χ2v) is 6.86. The maximum absolute atomic E-state index is 11.7. The molecule has 0 unspecified atom stereocenters. The van der Waals surface area contributed by atoms with E-state index in [-0.39, 0.29) is 18.4 Å². The fourth-order valence-electron chi connectivity index (χ4n) is 3.08. The predicted octanol–water partition coefficient (Wildman–Crippen LogP) is 1.52. The summed E-state index contributed by atoms with van der Waals surface area (Å²) in [7, 11) is 3.47. The summed E-state index contributed by atoms with van der Waals surface area (Å²) in [5.41, 5.74) is 1.19. The first-order valence-corrected chi connectivity index (χ1v) is 8.57. The monoisotopic (exact) mass is 346 g/mol. The number of aromatic nitrogens is 2. The van der Waals surface area contributed by atoms with Gasteiger partial charge in [-0.05, 0) is 25.1 Å². The van der Waals surface area contributed by atoms with E-state index >= 15 is 0 Å². The average molecular weight is 346 g/mol. The molecule has 1 aliphatic heterocycles. The first kappa shape index (κ1) is 17.7. The summed E-state index contributed by atoms with van der Waals surface area (Å²) in [4.78, 5) is 15.6. The number of nitrogens with zero attached hydrogens (tertiary/aromatic N) is 4. The molecule has 0 saturated heterocycles. The minimum Gasteiger partial charge on any atom is -0.465 e. The van der Waals surface area contributed by atoms with Crippen molar-refractivity contribution in [3.63, 3.8) is 0 Å². The van der Waals surface area contributed by atoms with Gasteiger partial charge in [-0.3, -0.25) is 14.4 Å². The van der Waals surface area contributed by atoms with E-state index < -0.39 is 0 Å². The number of amides is 1. The van der Waals surface area contributed by atoms with Gasteiger partial charge in [0.2, 0.25) is 5.91 Å². The number of carbonyl (C=O) groups excluding carboxylic acids is 1. The molecule has 3 heterocycles. The molecule has 1 amide bonds. The van der Waals surface area contributed by atoms with Crippen molar-refractivity contribution in [3.05, 3.63) is 41.6 Å². The number of fused-ring (bicyclic) bond motifs is 1. The number of ether oxygens (including phenoxy) is 1. The second-order valence-electron chi connectivity index (χ2n) is 6.86. The van der Waals surface area contributed by atoms with Gasteiger partial charge in [0.15, 0.2) is 0 Å². The molecule has 0 aliphatic carbocycles. The van der Waals surface area contributed by atoms with E-state index in [4.69, 9.17) is 9.15 Å². The van der Waals surface area contributed by atoms with E-state index in [0.29, 0.717) is 6.61 Å². The van der Waals surface area contributed by atoms with Gasteiger partial charge in [-0.1, -0.05) is 0 Å². The molecule has 2 aromatic rings. The van der Waals surface area contributed by atoms with Gasteiger partial charge in [0.05, 0.1) is 18.8 Å². The van der Waals surface area contributed by atoms with Crippen LogP contribution in [0.25, 0.3) is 0 Å². The molecule has 1 aliphatic rings. The van der Waals surface area contributed by atoms with E-state index in [1.807, 2.05) is 29.9 Å². The number of likely N-dealkylation sites (N-methyl/N-ethyl adjacent to an activating group) is 1. The third-order valence-corrected chi connectivity index (χ3v) is 4.39. The van der Waals surface area contributed by atoms with Crippen molar-refractivity contribution in [2.75, 3.05) is 33.9 Å². The van der Waals surface area contributed by atoms with Gasteiger partial charge >= 0.3 is 0 Å². The molecule has 7 heteroatoms. The molecule has 25 heavy (non-hydrogen) atoms. The second kappa shape index (κ2) is 7.84. The molecule has 1 atom stereocenters. The highest BCUT2D eigenvalue weighted by atomic mass is 16.5. The van der Waals surface area contributed by atoms with Crippen molar-refractivity contribution in [1.29, 1.82) is 0 Å². The fraction of sp³-hybridized carbons (Fsp3) is 0.556. The Balaban J connectivity index is 1.63. The van der Waals surface area contributed by atoms with Crippen LogP contribution < -0.4 is 0 Å². The highest BCUT2D eigenvalue weighted by Gasteiger charge is 2.23. The minimum absolute atomic E-state index is 0.0173. The van der Waals surface area contributed by atoms with Crippen LogP contribution in [0.5, 0.6) is 0 Å². The Morgan fingerprint density at radius 2 is 2.20 bits per heavy atom. The molecule has 0 aromatic carbocycles. The number of rotatable bonds is 6. The molecule has 0 saturated carbocycles. The highest BCUT2D eigenvalue weighted by molar-refractivity contribution is 5.76. The van der Waals surface area contributed by atoms with E-state index in [0.717, 1.165) is 37.7 Å². The summed E-state index contributed by atoms with van der Waals surface area (Å²) in [6.45, 7) is 5.86. The molecule has 3 rings (SSSR count). The summed E-state index contributed by atoms with van der Waals surface area (Å²) in [5.74, 6) is 2.15. The zero-order chi connectivity index (χ0) is 17.8. The molecule has 2 aromatic heterocycles. The molecule has 7 nitrogen and oxygen atoms in total. The normalized spacial score (nSPS) is 18.0. The maximum Gasteiger partial charge on any atom is 0.248 e. The van der Waals surface area contributed by atoms with Gasteiger partial charge in [-0.15, -0.1) is 0 Å². The minimum atomic E-state index is -0.0173. The van der Waals surface area contributed by atoms with Crippen molar-refractivity contribution < 1.29 is 13.9 Å². The number of hydrogen-bond acceptors (Lipinski definition) is 5. The Hall–Kier alpha value is -2.12. The van der Waals surface area contributed by atoms with Crippen LogP contribution >= 0.6 is 0 Å². The SMILES string of the molecule is Cc1ccc(CN2Cc3ccnn3C[C@@H](COCC(=O)N(C)C)C2)o1. The zero-order valence-electron chi connectivity index (χ0n) is 15.1. The summed E-state index contributed by atoms with van der Waals surface area (Å²) in [6.07, 6.45) is 1.84. The Bertz CT molecular complexity index is 707. The van der Waals surface area contributed by atoms with Gasteiger partial charge in [0, 0.05) is 45.8 Å². The third kappa shape index (κ3) is 4.70. The molecule has 0 bridgehead atoms. The number of furan rings is 1. The van der Waals surface area contributed by atoms with Crippen LogP contribution in [0.2, 0.25) is 0 Å². The van der Waals surface area contributed by atoms with Crippen molar-refractivity contribution in [3.8, 4) is 0 Å². The molecule has 136 valence electrons. The number of carbonyl (C=O) groups is 1. The molecule has 0 fully saturated rings. The van der Waals surface area contributed by atoms with Gasteiger partial charge in [-0.2, -0.15) is 5.10 Å². The summed E-state index contributed by atoms with van der Waals surface area (Å²) < 4.78 is 13.4. The summed E-state index contributed by atoms with van der Waals surface area (Å²) in [6, 6.07) is 6.07. The molecular weight excluding hydrogens is 320 g/mol. The number of hydrogen-bond donors (Lipinski definition) is 0. The summed E-state index contributed by atoms with van der Waals surface area (Å²) in [5, 5.41) is 4.42. The van der Waals surface area contributed by atoms with Crippen LogP contribution in [-0.2, 0) is 29.2 Å². The van der Waals surface area contributed by atoms with Crippen LogP contribution in [0.4, 0.5) is 0 Å². The molecular formula is C18H26N4O3. The predicted molar refractivity (Wildman–Crippen MR) is 92.8 cm³/mol. The van der Waals surface area contributed by atoms with Crippen LogP contribution in [-0.4, -0.2) is 59.3 Å². The van der Waals surface area contributed by atoms with Crippen LogP contribution in [0.3, 0.4) is 0 Å². The largest absolute Gasteiger partial charge is 0.465 e. The first-order valence-electron chi connectivity index (χ1n) is 8.57. The van der Waals surface area contributed by atoms with Crippen molar-refractivity contribution >= 4 is 5.91 Å². The molecule has 0 radical (unpaired) electrons. The Morgan fingerprint density at radius 1 is 1.36 bits per heavy atom. The standard InChI is InChI=1S/C18H26N4O3/c1-14-4-5-17(25-14)11-21-8-15(12-24-13-18(23)20(2)3)9-22-16(10-21)6-7-19-22/h4-7,15H,8-13H2,1-3H3/t15-/m0/s1. The quantitative estimate of drug-likeness (QED) is 0.794. The van der Waals surface area contributed by atoms with E-state index in [9.17, 15) is 4.79 Å². The zero-order valence-corrected chi connectivity index (χ0v) is 15.1. The first-order chi connectivity index (χ1) is 12.0. The van der Waals surface area contributed by atoms with Crippen LogP contribution in [0.1, 0.15) is 17.2 Å². The van der Waals surface area contributed by atoms with E-state index in [2.05, 4.69) is 16.1 Å². The van der Waals surface area contributed by atoms with Crippen molar-refractivity contribution in [1.82, 2.24) is 19.6 Å². The molecule has 0 N–H and O–H groups in total. The maximum atomic E-state index is 11.7. The lowest BCUT2D eigenvalue weighted by Gasteiger charge is -2.23. The number of aryl methyl sites for hydroxylation is 1. The lowest BCUT2D eigenvalue weighted by atomic mass is 10.1. The molecule has 0 spiro atoms. The Labute approximate surface area is 148 Å². The van der Waals surface area contributed by atoms with Gasteiger partial charge in [0.1, 0.15) is 18.1 Å². The third-order valence-electron chi connectivity index (χ3n) is 4.39. The summed E-state index contributed by atoms with van der Waals surface area (Å²) >= 11 is 0. The van der Waals surface area contributed by atoms with E-state index in [1.54, 1.807) is 19.0 Å². The highest BCUT2D eigenvalue weighted by Crippen LogP contribution is 2.19. The van der Waals surface area contributed by atoms with Gasteiger partial charge < -0.3 is 14.1 Å². The Kier molecular flexibility index (Phi) is 5.55. The lowest BCUT2D eigenvalue weighted by Crippen LogP contribution is -2.32. The van der Waals surface area contributed by atoms with Crippen LogP contribution in [0, 0.1) is 12.8 Å². The lowest BCUT2D eigenvalue weighted by molar-refractivity contribution is -0.134. The fourth-order valence-corrected chi connectivity index (χ4v) is 3.08. The van der Waals surface area contributed by atoms with E-state index in [1.165, 1.54) is 5.69 Å². The van der Waals surface area contributed by atoms with Crippen molar-refractivity contribution in [2.45, 2.75) is 26.6 Å². The van der Waals surface area contributed by atoms with Gasteiger partial charge in [-0.25, -0.2) is 0 Å². The topological polar surface area (TPSA) is 63.7 Å².